The minimum Gasteiger partial charge on any atom is -0.359 e. The summed E-state index contributed by atoms with van der Waals surface area (Å²) >= 11 is 0. The first-order valence-electron chi connectivity index (χ1n) is 6.98. The molecule has 0 bridgehead atoms. The van der Waals surface area contributed by atoms with E-state index in [1.54, 1.807) is 13.8 Å². The molecule has 1 aromatic heterocycles. The van der Waals surface area contributed by atoms with Crippen LogP contribution in [0.5, 0.6) is 0 Å². The lowest BCUT2D eigenvalue weighted by Crippen LogP contribution is -2.27. The van der Waals surface area contributed by atoms with Crippen LogP contribution in [0.3, 0.4) is 0 Å². The van der Waals surface area contributed by atoms with Crippen molar-refractivity contribution in [2.45, 2.75) is 32.5 Å². The highest BCUT2D eigenvalue weighted by Gasteiger charge is 2.31. The van der Waals surface area contributed by atoms with Crippen LogP contribution in [-0.4, -0.2) is 22.7 Å². The Hall–Kier alpha value is -2.38. The Balaban J connectivity index is 2.75. The molecule has 1 aromatic carbocycles. The number of amides is 1. The van der Waals surface area contributed by atoms with Gasteiger partial charge in [0.15, 0.2) is 0 Å². The lowest BCUT2D eigenvalue weighted by atomic mass is 10.1. The zero-order valence-corrected chi connectivity index (χ0v) is 12.9. The number of hydrogen-bond donors (Lipinski definition) is 1. The SMILES string of the molecule is CNC(=O)Cc1nn(C(C)C)c2cc(C(F)(F)F)ccc2c1=O. The van der Waals surface area contributed by atoms with Crippen molar-refractivity contribution in [1.82, 2.24) is 15.1 Å². The van der Waals surface area contributed by atoms with E-state index in [1.807, 2.05) is 0 Å². The van der Waals surface area contributed by atoms with Crippen molar-refractivity contribution in [3.63, 3.8) is 0 Å². The van der Waals surface area contributed by atoms with Gasteiger partial charge < -0.3 is 5.32 Å². The van der Waals surface area contributed by atoms with Crippen molar-refractivity contribution in [2.24, 2.45) is 0 Å². The van der Waals surface area contributed by atoms with Crippen molar-refractivity contribution in [3.05, 3.63) is 39.7 Å². The molecule has 0 unspecified atom stereocenters. The molecule has 0 fully saturated rings. The van der Waals surface area contributed by atoms with E-state index in [0.717, 1.165) is 18.2 Å². The van der Waals surface area contributed by atoms with Gasteiger partial charge in [-0.05, 0) is 32.0 Å². The maximum absolute atomic E-state index is 12.9. The Morgan fingerprint density at radius 3 is 2.52 bits per heavy atom. The molecule has 0 aliphatic rings. The van der Waals surface area contributed by atoms with Crippen LogP contribution in [0, 0.1) is 0 Å². The summed E-state index contributed by atoms with van der Waals surface area (Å²) in [5, 5.41) is 6.59. The lowest BCUT2D eigenvalue weighted by molar-refractivity contribution is -0.137. The number of likely N-dealkylation sites (N-methyl/N-ethyl adjacent to an activating group) is 1. The second-order valence-corrected chi connectivity index (χ2v) is 5.39. The molecule has 0 saturated carbocycles. The van der Waals surface area contributed by atoms with Gasteiger partial charge in [-0.1, -0.05) is 0 Å². The first kappa shape index (κ1) is 17.0. The third-order valence-electron chi connectivity index (χ3n) is 3.40. The molecule has 23 heavy (non-hydrogen) atoms. The molecule has 0 spiro atoms. The zero-order valence-electron chi connectivity index (χ0n) is 12.9. The molecule has 124 valence electrons. The summed E-state index contributed by atoms with van der Waals surface area (Å²) in [7, 11) is 1.43. The predicted molar refractivity (Wildman–Crippen MR) is 79.2 cm³/mol. The van der Waals surface area contributed by atoms with E-state index in [0.29, 0.717) is 0 Å². The van der Waals surface area contributed by atoms with Gasteiger partial charge in [0.25, 0.3) is 0 Å². The van der Waals surface area contributed by atoms with Crippen molar-refractivity contribution in [2.75, 3.05) is 7.05 Å². The van der Waals surface area contributed by atoms with Gasteiger partial charge in [0.2, 0.25) is 11.3 Å². The predicted octanol–water partition coefficient (Wildman–Crippen LogP) is 2.28. The third-order valence-corrected chi connectivity index (χ3v) is 3.40. The van der Waals surface area contributed by atoms with Gasteiger partial charge in [0, 0.05) is 18.5 Å². The van der Waals surface area contributed by atoms with Crippen molar-refractivity contribution >= 4 is 16.8 Å². The van der Waals surface area contributed by atoms with E-state index >= 15 is 0 Å². The zero-order chi connectivity index (χ0) is 17.4. The van der Waals surface area contributed by atoms with E-state index in [2.05, 4.69) is 10.4 Å². The molecule has 0 aliphatic carbocycles. The summed E-state index contributed by atoms with van der Waals surface area (Å²) in [6, 6.07) is 2.63. The van der Waals surface area contributed by atoms with Crippen molar-refractivity contribution in [1.29, 1.82) is 0 Å². The van der Waals surface area contributed by atoms with Crippen molar-refractivity contribution < 1.29 is 18.0 Å². The average molecular weight is 327 g/mol. The Labute approximate surface area is 130 Å². The smallest absolute Gasteiger partial charge is 0.359 e. The summed E-state index contributed by atoms with van der Waals surface area (Å²) in [6.45, 7) is 3.47. The number of nitrogens with zero attached hydrogens (tertiary/aromatic N) is 2. The summed E-state index contributed by atoms with van der Waals surface area (Å²) in [5.41, 5.74) is -1.28. The number of nitrogens with one attached hydrogen (secondary N) is 1. The largest absolute Gasteiger partial charge is 0.416 e. The molecule has 1 amide bonds. The summed E-state index contributed by atoms with van der Waals surface area (Å²) in [4.78, 5) is 23.9. The van der Waals surface area contributed by atoms with Gasteiger partial charge in [-0.3, -0.25) is 14.3 Å². The number of carbonyl (C=O) groups excluding carboxylic acids is 1. The van der Waals surface area contributed by atoms with E-state index in [1.165, 1.54) is 11.7 Å². The van der Waals surface area contributed by atoms with E-state index in [-0.39, 0.29) is 29.1 Å². The van der Waals surface area contributed by atoms with Crippen LogP contribution < -0.4 is 10.7 Å². The maximum Gasteiger partial charge on any atom is 0.416 e. The molecule has 2 aromatic rings. The standard InChI is InChI=1S/C15H16F3N3O2/c1-8(2)21-12-6-9(15(16,17)18)4-5-10(12)14(23)11(20-21)7-13(22)19-3/h4-6,8H,7H2,1-3H3,(H,19,22). The molecule has 8 heteroatoms. The van der Waals surface area contributed by atoms with Crippen LogP contribution in [0.1, 0.15) is 31.1 Å². The highest BCUT2D eigenvalue weighted by molar-refractivity contribution is 5.82. The van der Waals surface area contributed by atoms with E-state index in [9.17, 15) is 22.8 Å². The molecule has 0 aliphatic heterocycles. The molecule has 2 rings (SSSR count). The maximum atomic E-state index is 12.9. The fourth-order valence-corrected chi connectivity index (χ4v) is 2.22. The second-order valence-electron chi connectivity index (χ2n) is 5.39. The quantitative estimate of drug-likeness (QED) is 0.941. The Morgan fingerprint density at radius 2 is 2.00 bits per heavy atom. The Kier molecular flexibility index (Phi) is 4.44. The summed E-state index contributed by atoms with van der Waals surface area (Å²) in [6.07, 6.45) is -4.73. The number of benzene rings is 1. The summed E-state index contributed by atoms with van der Waals surface area (Å²) < 4.78 is 40.0. The minimum atomic E-state index is -4.51. The molecule has 1 N–H and O–H groups in total. The molecule has 0 radical (unpaired) electrons. The molecular formula is C15H16F3N3O2. The van der Waals surface area contributed by atoms with Gasteiger partial charge in [-0.25, -0.2) is 0 Å². The number of halogens is 3. The average Bonchev–Trinajstić information content (AvgIpc) is 2.48. The fraction of sp³-hybridized carbons (Fsp3) is 0.400. The molecular weight excluding hydrogens is 311 g/mol. The highest BCUT2D eigenvalue weighted by Crippen LogP contribution is 2.31. The van der Waals surface area contributed by atoms with Crippen LogP contribution >= 0.6 is 0 Å². The van der Waals surface area contributed by atoms with Crippen molar-refractivity contribution in [3.8, 4) is 0 Å². The molecule has 1 heterocycles. The minimum absolute atomic E-state index is 0.00492. The van der Waals surface area contributed by atoms with Gasteiger partial charge in [-0.2, -0.15) is 18.3 Å². The Bertz CT molecular complexity index is 810. The van der Waals surface area contributed by atoms with Crippen LogP contribution in [0.2, 0.25) is 0 Å². The van der Waals surface area contributed by atoms with Crippen LogP contribution in [0.25, 0.3) is 10.9 Å². The van der Waals surface area contributed by atoms with Gasteiger partial charge in [0.05, 0.1) is 17.5 Å². The molecule has 5 nitrogen and oxygen atoms in total. The van der Waals surface area contributed by atoms with E-state index in [4.69, 9.17) is 0 Å². The van der Waals surface area contributed by atoms with Gasteiger partial charge >= 0.3 is 6.18 Å². The summed E-state index contributed by atoms with van der Waals surface area (Å²) in [5.74, 6) is -0.392. The van der Waals surface area contributed by atoms with Crippen LogP contribution in [0.4, 0.5) is 13.2 Å². The van der Waals surface area contributed by atoms with Crippen LogP contribution in [0.15, 0.2) is 23.0 Å². The first-order valence-corrected chi connectivity index (χ1v) is 6.98. The molecule has 0 saturated heterocycles. The fourth-order valence-electron chi connectivity index (χ4n) is 2.22. The number of hydrogen-bond acceptors (Lipinski definition) is 3. The number of carbonyl (C=O) groups is 1. The lowest BCUT2D eigenvalue weighted by Gasteiger charge is -2.16. The Morgan fingerprint density at radius 1 is 1.35 bits per heavy atom. The van der Waals surface area contributed by atoms with E-state index < -0.39 is 23.1 Å². The van der Waals surface area contributed by atoms with Gasteiger partial charge in [-0.15, -0.1) is 0 Å². The van der Waals surface area contributed by atoms with Gasteiger partial charge in [0.1, 0.15) is 5.69 Å². The van der Waals surface area contributed by atoms with Crippen LogP contribution in [-0.2, 0) is 17.4 Å². The monoisotopic (exact) mass is 327 g/mol. The number of rotatable bonds is 3. The third kappa shape index (κ3) is 3.35. The normalized spacial score (nSPS) is 12.0. The number of alkyl halides is 3. The first-order chi connectivity index (χ1) is 10.6. The molecule has 0 atom stereocenters. The number of fused-ring (bicyclic) bond motifs is 1. The topological polar surface area (TPSA) is 64.0 Å². The number of aromatic nitrogens is 2. The highest BCUT2D eigenvalue weighted by atomic mass is 19.4. The second kappa shape index (κ2) is 6.02.